The van der Waals surface area contributed by atoms with Gasteiger partial charge in [0.05, 0.1) is 10.8 Å². The summed E-state index contributed by atoms with van der Waals surface area (Å²) in [6.45, 7) is 3.54. The van der Waals surface area contributed by atoms with Crippen LogP contribution in [0.2, 0.25) is 0 Å². The fraction of sp³-hybridized carbons (Fsp3) is 0.250. The summed E-state index contributed by atoms with van der Waals surface area (Å²) in [5.41, 5.74) is 0. The molecule has 1 saturated heterocycles. The predicted octanol–water partition coefficient (Wildman–Crippen LogP) is 0.321. The molecule has 1 rings (SSSR count). The van der Waals surface area contributed by atoms with Crippen LogP contribution in [0.15, 0.2) is 11.6 Å². The molecule has 1 amide bonds. The van der Waals surface area contributed by atoms with E-state index in [0.29, 0.717) is 5.75 Å². The highest BCUT2D eigenvalue weighted by Crippen LogP contribution is 2.14. The molecule has 1 fully saturated rings. The minimum Gasteiger partial charge on any atom is -0.320 e. The van der Waals surface area contributed by atoms with E-state index >= 15 is 0 Å². The maximum absolute atomic E-state index is 10.3. The van der Waals surface area contributed by atoms with E-state index in [9.17, 15) is 4.79 Å². The molecule has 0 aromatic carbocycles. The lowest BCUT2D eigenvalue weighted by atomic mass is 10.7. The van der Waals surface area contributed by atoms with Gasteiger partial charge in [0.25, 0.3) is 0 Å². The summed E-state index contributed by atoms with van der Waals surface area (Å²) >= 11 is 1.45. The number of carbonyl (C=O) groups is 1. The molecule has 0 unspecified atom stereocenters. The van der Waals surface area contributed by atoms with Crippen LogP contribution in [0.1, 0.15) is 0 Å². The number of carbonyl (C=O) groups excluding carboxylic acids is 1. The SMILES string of the molecule is C=C1NC(=O)CS1. The monoisotopic (exact) mass is 115 g/mol. The Bertz CT molecular complexity index is 107. The second-order valence-electron chi connectivity index (χ2n) is 1.26. The Hall–Kier alpha value is -0.440. The highest BCUT2D eigenvalue weighted by Gasteiger charge is 2.11. The van der Waals surface area contributed by atoms with E-state index in [1.54, 1.807) is 0 Å². The first kappa shape index (κ1) is 4.71. The minimum absolute atomic E-state index is 0.0648. The van der Waals surface area contributed by atoms with Gasteiger partial charge in [0, 0.05) is 0 Å². The Morgan fingerprint density at radius 2 is 2.57 bits per heavy atom. The van der Waals surface area contributed by atoms with Crippen molar-refractivity contribution in [3.05, 3.63) is 11.6 Å². The smallest absolute Gasteiger partial charge is 0.235 e. The summed E-state index contributed by atoms with van der Waals surface area (Å²) in [5, 5.41) is 3.31. The summed E-state index contributed by atoms with van der Waals surface area (Å²) in [7, 11) is 0. The summed E-state index contributed by atoms with van der Waals surface area (Å²) in [6, 6.07) is 0. The summed E-state index contributed by atoms with van der Waals surface area (Å²) in [6.07, 6.45) is 0. The molecule has 0 aromatic heterocycles. The van der Waals surface area contributed by atoms with Gasteiger partial charge >= 0.3 is 0 Å². The van der Waals surface area contributed by atoms with Crippen LogP contribution in [0.4, 0.5) is 0 Å². The third-order valence-corrected chi connectivity index (χ3v) is 1.51. The van der Waals surface area contributed by atoms with Gasteiger partial charge in [-0.05, 0) is 0 Å². The van der Waals surface area contributed by atoms with E-state index in [1.807, 2.05) is 0 Å². The average molecular weight is 115 g/mol. The van der Waals surface area contributed by atoms with E-state index < -0.39 is 0 Å². The lowest BCUT2D eigenvalue weighted by Crippen LogP contribution is -2.12. The van der Waals surface area contributed by atoms with Gasteiger partial charge in [-0.3, -0.25) is 4.79 Å². The van der Waals surface area contributed by atoms with E-state index in [4.69, 9.17) is 0 Å². The molecule has 0 radical (unpaired) electrons. The van der Waals surface area contributed by atoms with Crippen LogP contribution >= 0.6 is 11.8 Å². The zero-order valence-corrected chi connectivity index (χ0v) is 4.55. The van der Waals surface area contributed by atoms with Crippen molar-refractivity contribution in [2.45, 2.75) is 0 Å². The van der Waals surface area contributed by atoms with Gasteiger partial charge in [0.2, 0.25) is 5.91 Å². The second-order valence-corrected chi connectivity index (χ2v) is 2.33. The van der Waals surface area contributed by atoms with Gasteiger partial charge in [-0.2, -0.15) is 0 Å². The van der Waals surface area contributed by atoms with Crippen LogP contribution in [-0.4, -0.2) is 11.7 Å². The van der Waals surface area contributed by atoms with Crippen LogP contribution < -0.4 is 5.32 Å². The molecule has 2 nitrogen and oxygen atoms in total. The summed E-state index contributed by atoms with van der Waals surface area (Å²) < 4.78 is 0. The fourth-order valence-corrected chi connectivity index (χ4v) is 0.944. The molecule has 3 heteroatoms. The van der Waals surface area contributed by atoms with E-state index in [2.05, 4.69) is 11.9 Å². The Morgan fingerprint density at radius 1 is 1.86 bits per heavy atom. The van der Waals surface area contributed by atoms with Crippen molar-refractivity contribution in [3.63, 3.8) is 0 Å². The highest BCUT2D eigenvalue weighted by atomic mass is 32.2. The van der Waals surface area contributed by atoms with Crippen molar-refractivity contribution in [3.8, 4) is 0 Å². The summed E-state index contributed by atoms with van der Waals surface area (Å²) in [4.78, 5) is 10.3. The van der Waals surface area contributed by atoms with Gasteiger partial charge in [0.1, 0.15) is 0 Å². The van der Waals surface area contributed by atoms with Crippen molar-refractivity contribution >= 4 is 17.7 Å². The maximum Gasteiger partial charge on any atom is 0.235 e. The second kappa shape index (κ2) is 1.58. The van der Waals surface area contributed by atoms with Gasteiger partial charge < -0.3 is 5.32 Å². The molecule has 7 heavy (non-hydrogen) atoms. The molecule has 1 aliphatic heterocycles. The standard InChI is InChI=1S/C4H5NOS/c1-3-5-4(6)2-7-3/h1-2H2,(H,5,6). The molecule has 1 aliphatic rings. The van der Waals surface area contributed by atoms with Crippen LogP contribution in [-0.2, 0) is 4.79 Å². The minimum atomic E-state index is 0.0648. The van der Waals surface area contributed by atoms with Crippen molar-refractivity contribution < 1.29 is 4.79 Å². The lowest BCUT2D eigenvalue weighted by molar-refractivity contribution is -0.117. The van der Waals surface area contributed by atoms with E-state index in [0.717, 1.165) is 5.03 Å². The number of amides is 1. The zero-order chi connectivity index (χ0) is 5.28. The maximum atomic E-state index is 10.3. The molecular weight excluding hydrogens is 110 g/mol. The number of hydrogen-bond donors (Lipinski definition) is 1. The average Bonchev–Trinajstić information content (AvgIpc) is 1.87. The van der Waals surface area contributed by atoms with Gasteiger partial charge in [-0.1, -0.05) is 18.3 Å². The number of nitrogens with one attached hydrogen (secondary N) is 1. The molecule has 38 valence electrons. The number of thioether (sulfide) groups is 1. The third kappa shape index (κ3) is 0.962. The van der Waals surface area contributed by atoms with E-state index in [1.165, 1.54) is 11.8 Å². The van der Waals surface area contributed by atoms with Crippen molar-refractivity contribution in [2.75, 3.05) is 5.75 Å². The topological polar surface area (TPSA) is 29.1 Å². The number of hydrogen-bond acceptors (Lipinski definition) is 2. The molecule has 1 heterocycles. The predicted molar refractivity (Wildman–Crippen MR) is 29.7 cm³/mol. The zero-order valence-electron chi connectivity index (χ0n) is 3.73. The quantitative estimate of drug-likeness (QED) is 0.492. The van der Waals surface area contributed by atoms with Crippen molar-refractivity contribution in [1.82, 2.24) is 5.32 Å². The molecule has 0 atom stereocenters. The van der Waals surface area contributed by atoms with Gasteiger partial charge in [0.15, 0.2) is 0 Å². The van der Waals surface area contributed by atoms with Gasteiger partial charge in [-0.25, -0.2) is 0 Å². The Labute approximate surface area is 46.0 Å². The first-order valence-electron chi connectivity index (χ1n) is 1.90. The first-order valence-corrected chi connectivity index (χ1v) is 2.89. The Kier molecular flexibility index (Phi) is 1.06. The van der Waals surface area contributed by atoms with Crippen LogP contribution in [0, 0.1) is 0 Å². The largest absolute Gasteiger partial charge is 0.320 e. The third-order valence-electron chi connectivity index (χ3n) is 0.656. The number of rotatable bonds is 0. The summed E-state index contributed by atoms with van der Waals surface area (Å²) in [5.74, 6) is 0.605. The molecule has 0 aliphatic carbocycles. The lowest BCUT2D eigenvalue weighted by Gasteiger charge is -1.84. The highest BCUT2D eigenvalue weighted by molar-refractivity contribution is 8.04. The molecule has 1 N–H and O–H groups in total. The Morgan fingerprint density at radius 3 is 2.71 bits per heavy atom. The van der Waals surface area contributed by atoms with Crippen LogP contribution in [0.25, 0.3) is 0 Å². The van der Waals surface area contributed by atoms with Gasteiger partial charge in [-0.15, -0.1) is 0 Å². The molecular formula is C4H5NOS. The van der Waals surface area contributed by atoms with E-state index in [-0.39, 0.29) is 5.91 Å². The van der Waals surface area contributed by atoms with Crippen molar-refractivity contribution in [1.29, 1.82) is 0 Å². The molecule has 0 aromatic rings. The normalized spacial score (nSPS) is 20.0. The van der Waals surface area contributed by atoms with Crippen molar-refractivity contribution in [2.24, 2.45) is 0 Å². The molecule has 0 spiro atoms. The Balaban J connectivity index is 2.55. The molecule has 0 bridgehead atoms. The first-order chi connectivity index (χ1) is 3.29. The molecule has 0 saturated carbocycles. The fourth-order valence-electron chi connectivity index (χ4n) is 0.380. The van der Waals surface area contributed by atoms with Crippen LogP contribution in [0.3, 0.4) is 0 Å². The van der Waals surface area contributed by atoms with Crippen LogP contribution in [0.5, 0.6) is 0 Å².